The smallest absolute Gasteiger partial charge is 0.163 e. The zero-order chi connectivity index (χ0) is 21.5. The van der Waals surface area contributed by atoms with Crippen molar-refractivity contribution in [2.24, 2.45) is 0 Å². The Hall–Kier alpha value is -3.11. The highest BCUT2D eigenvalue weighted by atomic mass is 35.5. The van der Waals surface area contributed by atoms with Crippen LogP contribution in [0.4, 0.5) is 15.8 Å². The third-order valence-corrected chi connectivity index (χ3v) is 6.48. The number of hydrogen-bond donors (Lipinski definition) is 2. The predicted octanol–water partition coefficient (Wildman–Crippen LogP) is 6.77. The van der Waals surface area contributed by atoms with Crippen LogP contribution in [0.15, 0.2) is 78.0 Å². The van der Waals surface area contributed by atoms with Gasteiger partial charge >= 0.3 is 0 Å². The number of nitrogens with one attached hydrogen (secondary N) is 2. The number of para-hydroxylation sites is 2. The number of carbonyl (C=O) groups excluding carboxylic acids is 1. The summed E-state index contributed by atoms with van der Waals surface area (Å²) in [6, 6.07) is 20.0. The zero-order valence-corrected chi connectivity index (χ0v) is 17.8. The number of benzene rings is 3. The lowest BCUT2D eigenvalue weighted by molar-refractivity contribution is -0.116. The second-order valence-electron chi connectivity index (χ2n) is 8.21. The topological polar surface area (TPSA) is 41.1 Å². The quantitative estimate of drug-likeness (QED) is 0.469. The average Bonchev–Trinajstić information content (AvgIpc) is 2.91. The highest BCUT2D eigenvalue weighted by Crippen LogP contribution is 2.45. The van der Waals surface area contributed by atoms with Crippen LogP contribution in [0.1, 0.15) is 41.5 Å². The van der Waals surface area contributed by atoms with Gasteiger partial charge in [0.15, 0.2) is 5.78 Å². The number of Topliss-reactive ketones (excluding diaryl/α,β-unsaturated/α-hetero) is 1. The van der Waals surface area contributed by atoms with Gasteiger partial charge < -0.3 is 10.6 Å². The van der Waals surface area contributed by atoms with Crippen molar-refractivity contribution >= 4 is 28.8 Å². The van der Waals surface area contributed by atoms with E-state index in [9.17, 15) is 9.18 Å². The maximum atomic E-state index is 14.9. The number of aryl methyl sites for hydroxylation is 1. The van der Waals surface area contributed by atoms with Crippen molar-refractivity contribution < 1.29 is 9.18 Å². The maximum absolute atomic E-state index is 14.9. The van der Waals surface area contributed by atoms with Crippen molar-refractivity contribution in [2.45, 2.75) is 31.7 Å². The largest absolute Gasteiger partial charge is 0.372 e. The highest BCUT2D eigenvalue weighted by molar-refractivity contribution is 6.31. The summed E-state index contributed by atoms with van der Waals surface area (Å²) in [6.07, 6.45) is 1.05. The van der Waals surface area contributed by atoms with Gasteiger partial charge in [0.1, 0.15) is 5.82 Å². The summed E-state index contributed by atoms with van der Waals surface area (Å²) in [5.74, 6) is -0.352. The number of halogens is 2. The van der Waals surface area contributed by atoms with E-state index in [2.05, 4.69) is 41.8 Å². The molecule has 0 aromatic heterocycles. The summed E-state index contributed by atoms with van der Waals surface area (Å²) in [5, 5.41) is 7.16. The standard InChI is InChI=1S/C26H22ClFN2O/c1-15-9-11-16(12-10-15)17-13-22-25(23(31)14-17)26(24-18(27)5-4-6-19(24)28)30-21-8-3-2-7-20(21)29-22/h2-12,17,26,29-30H,13-14H2,1H3. The summed E-state index contributed by atoms with van der Waals surface area (Å²) in [5.41, 5.74) is 5.68. The molecule has 0 saturated heterocycles. The van der Waals surface area contributed by atoms with E-state index in [0.717, 1.165) is 22.6 Å². The Morgan fingerprint density at radius 3 is 2.42 bits per heavy atom. The van der Waals surface area contributed by atoms with Gasteiger partial charge in [0, 0.05) is 28.3 Å². The maximum Gasteiger partial charge on any atom is 0.163 e. The Balaban J connectivity index is 1.64. The van der Waals surface area contributed by atoms with E-state index in [4.69, 9.17) is 11.6 Å². The van der Waals surface area contributed by atoms with Crippen molar-refractivity contribution in [3.8, 4) is 0 Å². The van der Waals surface area contributed by atoms with E-state index < -0.39 is 11.9 Å². The first kappa shape index (κ1) is 19.8. The second-order valence-corrected chi connectivity index (χ2v) is 8.62. The van der Waals surface area contributed by atoms with Gasteiger partial charge in [-0.25, -0.2) is 4.39 Å². The predicted molar refractivity (Wildman–Crippen MR) is 123 cm³/mol. The summed E-state index contributed by atoms with van der Waals surface area (Å²) in [6.45, 7) is 2.05. The molecular formula is C26H22ClFN2O. The van der Waals surface area contributed by atoms with Crippen LogP contribution in [0.5, 0.6) is 0 Å². The van der Waals surface area contributed by atoms with Crippen LogP contribution in [-0.4, -0.2) is 5.78 Å². The van der Waals surface area contributed by atoms with Gasteiger partial charge in [-0.15, -0.1) is 0 Å². The molecule has 156 valence electrons. The number of carbonyl (C=O) groups is 1. The Morgan fingerprint density at radius 2 is 1.68 bits per heavy atom. The zero-order valence-electron chi connectivity index (χ0n) is 17.1. The number of anilines is 2. The van der Waals surface area contributed by atoms with Crippen molar-refractivity contribution in [3.63, 3.8) is 0 Å². The number of hydrogen-bond acceptors (Lipinski definition) is 3. The SMILES string of the molecule is Cc1ccc(C2CC(=O)C3=C(C2)Nc2ccccc2NC3c2c(F)cccc2Cl)cc1. The van der Waals surface area contributed by atoms with E-state index >= 15 is 0 Å². The molecule has 0 bridgehead atoms. The minimum atomic E-state index is -0.661. The molecule has 5 rings (SSSR count). The van der Waals surface area contributed by atoms with E-state index in [1.807, 2.05) is 24.3 Å². The second kappa shape index (κ2) is 7.86. The molecule has 3 nitrogen and oxygen atoms in total. The molecule has 3 aromatic carbocycles. The lowest BCUT2D eigenvalue weighted by Crippen LogP contribution is -2.27. The van der Waals surface area contributed by atoms with Crippen LogP contribution >= 0.6 is 11.6 Å². The van der Waals surface area contributed by atoms with E-state index in [1.165, 1.54) is 11.6 Å². The van der Waals surface area contributed by atoms with Crippen LogP contribution < -0.4 is 10.6 Å². The first-order chi connectivity index (χ1) is 15.0. The first-order valence-corrected chi connectivity index (χ1v) is 10.8. The molecule has 3 aromatic rings. The van der Waals surface area contributed by atoms with Crippen LogP contribution in [-0.2, 0) is 4.79 Å². The Labute approximate surface area is 185 Å². The highest BCUT2D eigenvalue weighted by Gasteiger charge is 2.37. The van der Waals surface area contributed by atoms with Gasteiger partial charge in [0.05, 0.1) is 17.4 Å². The molecule has 1 aliphatic heterocycles. The third-order valence-electron chi connectivity index (χ3n) is 6.15. The summed E-state index contributed by atoms with van der Waals surface area (Å²) in [4.78, 5) is 13.5. The van der Waals surface area contributed by atoms with Crippen LogP contribution in [0, 0.1) is 12.7 Å². The molecule has 0 radical (unpaired) electrons. The van der Waals surface area contributed by atoms with Gasteiger partial charge in [0.25, 0.3) is 0 Å². The Bertz CT molecular complexity index is 1180. The van der Waals surface area contributed by atoms with E-state index in [-0.39, 0.29) is 11.7 Å². The number of rotatable bonds is 2. The summed E-state index contributed by atoms with van der Waals surface area (Å²) < 4.78 is 14.9. The summed E-state index contributed by atoms with van der Waals surface area (Å²) >= 11 is 6.43. The van der Waals surface area contributed by atoms with Gasteiger partial charge in [-0.1, -0.05) is 59.6 Å². The Kier molecular flexibility index (Phi) is 5.03. The molecule has 1 heterocycles. The van der Waals surface area contributed by atoms with Gasteiger partial charge in [-0.3, -0.25) is 4.79 Å². The lowest BCUT2D eigenvalue weighted by Gasteiger charge is -2.30. The molecule has 0 amide bonds. The van der Waals surface area contributed by atoms with Crippen LogP contribution in [0.25, 0.3) is 0 Å². The third kappa shape index (κ3) is 3.61. The molecule has 1 aliphatic carbocycles. The molecule has 2 unspecified atom stereocenters. The van der Waals surface area contributed by atoms with Gasteiger partial charge in [-0.2, -0.15) is 0 Å². The molecule has 2 N–H and O–H groups in total. The minimum absolute atomic E-state index is 0.00366. The lowest BCUT2D eigenvalue weighted by atomic mass is 9.78. The molecule has 5 heteroatoms. The van der Waals surface area contributed by atoms with Crippen molar-refractivity contribution in [1.82, 2.24) is 0 Å². The number of fused-ring (bicyclic) bond motifs is 1. The molecule has 0 fully saturated rings. The first-order valence-electron chi connectivity index (χ1n) is 10.4. The fourth-order valence-corrected chi connectivity index (χ4v) is 4.84. The fraction of sp³-hybridized carbons (Fsp3) is 0.192. The molecule has 0 saturated carbocycles. The molecule has 31 heavy (non-hydrogen) atoms. The van der Waals surface area contributed by atoms with Gasteiger partial charge in [0.2, 0.25) is 0 Å². The van der Waals surface area contributed by atoms with Crippen molar-refractivity contribution in [3.05, 3.63) is 106 Å². The van der Waals surface area contributed by atoms with E-state index in [0.29, 0.717) is 29.0 Å². The molecule has 0 spiro atoms. The monoisotopic (exact) mass is 432 g/mol. The number of ketones is 1. The number of allylic oxidation sites excluding steroid dienone is 1. The Morgan fingerprint density at radius 1 is 0.935 bits per heavy atom. The van der Waals surface area contributed by atoms with E-state index in [1.54, 1.807) is 12.1 Å². The molecule has 2 aliphatic rings. The van der Waals surface area contributed by atoms with Gasteiger partial charge in [-0.05, 0) is 49.1 Å². The fourth-order valence-electron chi connectivity index (χ4n) is 4.57. The average molecular weight is 433 g/mol. The van der Waals surface area contributed by atoms with Crippen molar-refractivity contribution in [1.29, 1.82) is 0 Å². The molecular weight excluding hydrogens is 411 g/mol. The van der Waals surface area contributed by atoms with Crippen LogP contribution in [0.2, 0.25) is 5.02 Å². The molecule has 2 atom stereocenters. The normalized spacial score (nSPS) is 20.3. The van der Waals surface area contributed by atoms with Crippen LogP contribution in [0.3, 0.4) is 0 Å². The summed E-state index contributed by atoms with van der Waals surface area (Å²) in [7, 11) is 0. The van der Waals surface area contributed by atoms with Crippen molar-refractivity contribution in [2.75, 3.05) is 10.6 Å². The minimum Gasteiger partial charge on any atom is -0.372 e.